The van der Waals surface area contributed by atoms with E-state index >= 15 is 0 Å². The van der Waals surface area contributed by atoms with Crippen LogP contribution in [0, 0.1) is 0 Å². The van der Waals surface area contributed by atoms with Gasteiger partial charge in [-0.25, -0.2) is 9.59 Å². The van der Waals surface area contributed by atoms with E-state index in [-0.39, 0.29) is 18.4 Å². The highest BCUT2D eigenvalue weighted by molar-refractivity contribution is 6.30. The predicted octanol–water partition coefficient (Wildman–Crippen LogP) is 5.79. The molecule has 3 aromatic rings. The highest BCUT2D eigenvalue weighted by Gasteiger charge is 2.39. The molecule has 17 heteroatoms. The van der Waals surface area contributed by atoms with Gasteiger partial charge >= 0.3 is 24.3 Å². The zero-order valence-corrected chi connectivity index (χ0v) is 27.9. The molecular formula is C33H35ClF6N4O6. The molecule has 0 fully saturated rings. The van der Waals surface area contributed by atoms with Gasteiger partial charge in [0, 0.05) is 42.5 Å². The number of halogens is 7. The number of rotatable bonds is 8. The molecule has 2 N–H and O–H groups in total. The number of hydrogen-bond donors (Lipinski definition) is 2. The molecule has 0 spiro atoms. The Morgan fingerprint density at radius 1 is 0.780 bits per heavy atom. The fourth-order valence-corrected chi connectivity index (χ4v) is 4.54. The first-order valence-corrected chi connectivity index (χ1v) is 15.0. The van der Waals surface area contributed by atoms with Crippen LogP contribution in [0.3, 0.4) is 0 Å². The van der Waals surface area contributed by atoms with Gasteiger partial charge in [0.25, 0.3) is 5.91 Å². The molecule has 1 aliphatic rings. The molecule has 0 unspecified atom stereocenters. The van der Waals surface area contributed by atoms with Crippen molar-refractivity contribution in [2.75, 3.05) is 45.7 Å². The summed E-state index contributed by atoms with van der Waals surface area (Å²) in [5.74, 6) is -5.80. The molecule has 0 aromatic heterocycles. The lowest BCUT2D eigenvalue weighted by Gasteiger charge is -2.24. The average molecular weight is 733 g/mol. The number of amides is 2. The van der Waals surface area contributed by atoms with Crippen molar-refractivity contribution in [3.05, 3.63) is 100 Å². The number of carbonyl (C=O) groups is 4. The Labute approximate surface area is 289 Å². The zero-order valence-electron chi connectivity index (χ0n) is 27.1. The van der Waals surface area contributed by atoms with Gasteiger partial charge in [-0.1, -0.05) is 54.1 Å². The predicted molar refractivity (Wildman–Crippen MR) is 173 cm³/mol. The molecule has 1 heterocycles. The fraction of sp³-hybridized carbons (Fsp3) is 0.333. The molecule has 3 aromatic carbocycles. The lowest BCUT2D eigenvalue weighted by molar-refractivity contribution is -0.193. The number of aliphatic carboxylic acids is 2. The van der Waals surface area contributed by atoms with Crippen LogP contribution in [0.25, 0.3) is 0 Å². The minimum Gasteiger partial charge on any atom is -0.475 e. The van der Waals surface area contributed by atoms with E-state index in [9.17, 15) is 35.9 Å². The maximum atomic E-state index is 13.5. The number of alkyl halides is 6. The minimum absolute atomic E-state index is 0.0170. The van der Waals surface area contributed by atoms with Gasteiger partial charge in [-0.3, -0.25) is 9.59 Å². The quantitative estimate of drug-likeness (QED) is 0.280. The molecular weight excluding hydrogens is 698 g/mol. The monoisotopic (exact) mass is 732 g/mol. The highest BCUT2D eigenvalue weighted by atomic mass is 35.5. The number of carboxylic acids is 2. The Balaban J connectivity index is 0.000000521. The van der Waals surface area contributed by atoms with Crippen LogP contribution in [0.15, 0.2) is 72.8 Å². The van der Waals surface area contributed by atoms with Crippen LogP contribution in [0.1, 0.15) is 27.0 Å². The molecule has 0 saturated carbocycles. The summed E-state index contributed by atoms with van der Waals surface area (Å²) in [5.41, 5.74) is 4.59. The van der Waals surface area contributed by atoms with Gasteiger partial charge in [0.15, 0.2) is 0 Å². The van der Waals surface area contributed by atoms with Crippen molar-refractivity contribution in [2.45, 2.75) is 32.0 Å². The van der Waals surface area contributed by atoms with E-state index in [1.165, 1.54) is 5.56 Å². The molecule has 0 aliphatic carbocycles. The van der Waals surface area contributed by atoms with E-state index in [4.69, 9.17) is 31.4 Å². The molecule has 50 heavy (non-hydrogen) atoms. The summed E-state index contributed by atoms with van der Waals surface area (Å²) in [7, 11) is 6.28. The third-order valence-electron chi connectivity index (χ3n) is 6.85. The molecule has 0 bridgehead atoms. The van der Waals surface area contributed by atoms with Gasteiger partial charge in [-0.2, -0.15) is 26.3 Å². The van der Waals surface area contributed by atoms with Crippen molar-refractivity contribution < 1.29 is 55.7 Å². The van der Waals surface area contributed by atoms with Gasteiger partial charge in [-0.15, -0.1) is 0 Å². The van der Waals surface area contributed by atoms with E-state index < -0.39 is 24.3 Å². The van der Waals surface area contributed by atoms with Crippen molar-refractivity contribution >= 4 is 41.0 Å². The van der Waals surface area contributed by atoms with Crippen molar-refractivity contribution in [1.82, 2.24) is 14.7 Å². The Hall–Kier alpha value is -4.67. The third kappa shape index (κ3) is 13.7. The summed E-state index contributed by atoms with van der Waals surface area (Å²) in [6, 6.07) is 23.0. The van der Waals surface area contributed by atoms with E-state index in [1.54, 1.807) is 34.1 Å². The second-order valence-electron chi connectivity index (χ2n) is 11.2. The largest absolute Gasteiger partial charge is 0.490 e. The number of hydrogen-bond acceptors (Lipinski definition) is 6. The lowest BCUT2D eigenvalue weighted by atomic mass is 10.1. The molecule has 2 amide bonds. The molecule has 0 atom stereocenters. The first-order valence-electron chi connectivity index (χ1n) is 14.6. The molecule has 1 aliphatic heterocycles. The first kappa shape index (κ1) is 41.5. The van der Waals surface area contributed by atoms with Crippen LogP contribution in [0.4, 0.5) is 32.0 Å². The van der Waals surface area contributed by atoms with E-state index in [2.05, 4.69) is 55.2 Å². The molecule has 10 nitrogen and oxygen atoms in total. The number of anilines is 1. The number of para-hydroxylation sites is 1. The highest BCUT2D eigenvalue weighted by Crippen LogP contribution is 2.28. The van der Waals surface area contributed by atoms with Crippen LogP contribution in [-0.4, -0.2) is 102 Å². The van der Waals surface area contributed by atoms with Crippen molar-refractivity contribution in [2.24, 2.45) is 0 Å². The summed E-state index contributed by atoms with van der Waals surface area (Å²) >= 11 is 5.99. The lowest BCUT2D eigenvalue weighted by Crippen LogP contribution is -2.39. The van der Waals surface area contributed by atoms with E-state index in [1.807, 2.05) is 24.3 Å². The standard InChI is InChI=1S/C29H33ClN4O2.2C2HF3O2/c1-31(2)15-16-32(3)18-22-7-6-8-23(17-22)19-34-27-10-5-4-9-25(27)20-33(21-28(34)35)29(36)24-11-13-26(30)14-12-24;2*3-2(4,5)1(6)7/h4-14,17H,15-16,18-21H2,1-3H3;2*(H,6,7). The molecule has 272 valence electrons. The first-order chi connectivity index (χ1) is 23.2. The number of carbonyl (C=O) groups excluding carboxylic acids is 2. The SMILES string of the molecule is CN(C)CCN(C)Cc1cccc(CN2C(=O)CN(C(=O)c3ccc(Cl)cc3)Cc3ccccc32)c1.O=C(O)C(F)(F)F.O=C(O)C(F)(F)F. The maximum Gasteiger partial charge on any atom is 0.490 e. The smallest absolute Gasteiger partial charge is 0.475 e. The number of nitrogens with zero attached hydrogens (tertiary/aromatic N) is 4. The van der Waals surface area contributed by atoms with Gasteiger partial charge in [0.1, 0.15) is 6.54 Å². The average Bonchev–Trinajstić information content (AvgIpc) is 3.16. The Morgan fingerprint density at radius 2 is 1.32 bits per heavy atom. The Morgan fingerprint density at radius 3 is 1.86 bits per heavy atom. The van der Waals surface area contributed by atoms with Gasteiger partial charge in [0.05, 0.1) is 6.54 Å². The minimum atomic E-state index is -5.08. The second kappa shape index (κ2) is 18.4. The Bertz CT molecular complexity index is 1600. The van der Waals surface area contributed by atoms with Crippen LogP contribution in [0.5, 0.6) is 0 Å². The third-order valence-corrected chi connectivity index (χ3v) is 7.10. The number of fused-ring (bicyclic) bond motifs is 1. The van der Waals surface area contributed by atoms with Gasteiger partial charge < -0.3 is 29.8 Å². The summed E-state index contributed by atoms with van der Waals surface area (Å²) in [6.07, 6.45) is -10.2. The van der Waals surface area contributed by atoms with Crippen LogP contribution in [0.2, 0.25) is 5.02 Å². The maximum absolute atomic E-state index is 13.5. The van der Waals surface area contributed by atoms with Crippen molar-refractivity contribution in [3.8, 4) is 0 Å². The van der Waals surface area contributed by atoms with E-state index in [0.29, 0.717) is 23.7 Å². The van der Waals surface area contributed by atoms with Crippen LogP contribution < -0.4 is 4.90 Å². The molecule has 0 radical (unpaired) electrons. The van der Waals surface area contributed by atoms with Crippen molar-refractivity contribution in [1.29, 1.82) is 0 Å². The topological polar surface area (TPSA) is 122 Å². The summed E-state index contributed by atoms with van der Waals surface area (Å²) in [4.78, 5) is 52.4. The molecule has 0 saturated heterocycles. The summed E-state index contributed by atoms with van der Waals surface area (Å²) < 4.78 is 63.5. The van der Waals surface area contributed by atoms with Gasteiger partial charge in [-0.05, 0) is 68.2 Å². The summed E-state index contributed by atoms with van der Waals surface area (Å²) in [6.45, 7) is 3.66. The normalized spacial score (nSPS) is 13.1. The van der Waals surface area contributed by atoms with Crippen molar-refractivity contribution in [3.63, 3.8) is 0 Å². The zero-order chi connectivity index (χ0) is 37.8. The molecule has 4 rings (SSSR count). The number of benzene rings is 3. The second-order valence-corrected chi connectivity index (χ2v) is 11.7. The number of carboxylic acid groups (broad SMARTS) is 2. The number of likely N-dealkylation sites (N-methyl/N-ethyl adjacent to an activating group) is 2. The van der Waals surface area contributed by atoms with Gasteiger partial charge in [0.2, 0.25) is 5.91 Å². The Kier molecular flexibility index (Phi) is 15.2. The van der Waals surface area contributed by atoms with Crippen LogP contribution in [-0.2, 0) is 34.0 Å². The fourth-order valence-electron chi connectivity index (χ4n) is 4.41. The summed E-state index contributed by atoms with van der Waals surface area (Å²) in [5, 5.41) is 14.8. The van der Waals surface area contributed by atoms with E-state index in [0.717, 1.165) is 36.4 Å². The van der Waals surface area contributed by atoms with Crippen LogP contribution >= 0.6 is 11.6 Å².